The van der Waals surface area contributed by atoms with Crippen LogP contribution in [-0.2, 0) is 9.53 Å². The molecule has 0 heterocycles. The number of carbonyl (C=O) groups excluding carboxylic acids is 2. The van der Waals surface area contributed by atoms with E-state index in [1.807, 2.05) is 37.3 Å². The van der Waals surface area contributed by atoms with Crippen LogP contribution < -0.4 is 10.6 Å². The normalized spacial score (nSPS) is 12.4. The fourth-order valence-electron chi connectivity index (χ4n) is 2.39. The van der Waals surface area contributed by atoms with E-state index in [9.17, 15) is 9.59 Å². The number of nitrogens with one attached hydrogen (secondary N) is 2. The van der Waals surface area contributed by atoms with Crippen molar-refractivity contribution in [3.63, 3.8) is 0 Å². The maximum atomic E-state index is 12.3. The minimum atomic E-state index is -1.81. The third-order valence-corrected chi connectivity index (χ3v) is 4.66. The van der Waals surface area contributed by atoms with E-state index >= 15 is 0 Å². The van der Waals surface area contributed by atoms with Crippen molar-refractivity contribution in [1.82, 2.24) is 5.32 Å². The van der Waals surface area contributed by atoms with E-state index < -0.39 is 21.8 Å². The maximum Gasteiger partial charge on any atom is 0.338 e. The monoisotopic (exact) mass is 468 g/mol. The summed E-state index contributed by atoms with van der Waals surface area (Å²) in [7, 11) is 0. The van der Waals surface area contributed by atoms with Gasteiger partial charge in [-0.05, 0) is 42.3 Å². The molecule has 0 aromatic heterocycles. The molecule has 30 heavy (non-hydrogen) atoms. The van der Waals surface area contributed by atoms with E-state index in [0.29, 0.717) is 17.9 Å². The first-order valence-corrected chi connectivity index (χ1v) is 10.6. The van der Waals surface area contributed by atoms with Crippen molar-refractivity contribution in [3.05, 3.63) is 71.8 Å². The number of unbranched alkanes of at least 4 members (excludes halogenated alkanes) is 1. The fourth-order valence-corrected chi connectivity index (χ4v) is 2.72. The van der Waals surface area contributed by atoms with E-state index in [1.165, 1.54) is 6.08 Å². The van der Waals surface area contributed by atoms with E-state index in [1.54, 1.807) is 30.3 Å². The number of benzene rings is 2. The molecule has 2 rings (SSSR count). The zero-order chi connectivity index (χ0) is 22.0. The number of carbonyl (C=O) groups is 2. The fraction of sp³-hybridized carbons (Fsp3) is 0.273. The zero-order valence-electron chi connectivity index (χ0n) is 16.4. The first-order chi connectivity index (χ1) is 14.3. The van der Waals surface area contributed by atoms with Gasteiger partial charge in [-0.3, -0.25) is 4.79 Å². The third kappa shape index (κ3) is 8.27. The van der Waals surface area contributed by atoms with Crippen molar-refractivity contribution in [2.75, 3.05) is 11.9 Å². The molecular formula is C22H23Cl3N2O3. The van der Waals surface area contributed by atoms with Gasteiger partial charge in [0.1, 0.15) is 6.17 Å². The van der Waals surface area contributed by atoms with Crippen molar-refractivity contribution in [2.45, 2.75) is 29.7 Å². The molecule has 0 saturated carbocycles. The Balaban J connectivity index is 2.00. The van der Waals surface area contributed by atoms with E-state index in [4.69, 9.17) is 39.5 Å². The number of halogens is 3. The lowest BCUT2D eigenvalue weighted by Gasteiger charge is -2.27. The minimum Gasteiger partial charge on any atom is -0.462 e. The van der Waals surface area contributed by atoms with Gasteiger partial charge in [0.2, 0.25) is 9.70 Å². The van der Waals surface area contributed by atoms with Crippen molar-refractivity contribution in [3.8, 4) is 0 Å². The van der Waals surface area contributed by atoms with Gasteiger partial charge in [0.15, 0.2) is 0 Å². The molecule has 2 N–H and O–H groups in total. The van der Waals surface area contributed by atoms with Crippen molar-refractivity contribution < 1.29 is 14.3 Å². The lowest BCUT2D eigenvalue weighted by molar-refractivity contribution is -0.116. The van der Waals surface area contributed by atoms with Crippen LogP contribution in [0.15, 0.2) is 60.7 Å². The van der Waals surface area contributed by atoms with Gasteiger partial charge in [0.05, 0.1) is 12.2 Å². The van der Waals surface area contributed by atoms with Crippen LogP contribution >= 0.6 is 34.8 Å². The number of hydrogen-bond acceptors (Lipinski definition) is 4. The Bertz CT molecular complexity index is 850. The second-order valence-corrected chi connectivity index (χ2v) is 8.81. The van der Waals surface area contributed by atoms with Crippen LogP contribution in [0.25, 0.3) is 6.08 Å². The molecule has 5 nitrogen and oxygen atoms in total. The molecule has 1 amide bonds. The topological polar surface area (TPSA) is 67.4 Å². The number of amides is 1. The van der Waals surface area contributed by atoms with Crippen LogP contribution in [-0.4, -0.2) is 28.4 Å². The van der Waals surface area contributed by atoms with Crippen LogP contribution in [0, 0.1) is 0 Å². The summed E-state index contributed by atoms with van der Waals surface area (Å²) in [6.07, 6.45) is 3.77. The van der Waals surface area contributed by atoms with Crippen LogP contribution in [0.1, 0.15) is 35.7 Å². The summed E-state index contributed by atoms with van der Waals surface area (Å²) in [6.45, 7) is 2.40. The van der Waals surface area contributed by atoms with Crippen molar-refractivity contribution >= 4 is 58.4 Å². The Kier molecular flexibility index (Phi) is 9.50. The molecule has 0 bridgehead atoms. The molecule has 1 atom stereocenters. The summed E-state index contributed by atoms with van der Waals surface area (Å²) in [4.78, 5) is 24.2. The number of rotatable bonds is 9. The average molecular weight is 470 g/mol. The number of alkyl halides is 3. The van der Waals surface area contributed by atoms with Gasteiger partial charge < -0.3 is 15.4 Å². The van der Waals surface area contributed by atoms with E-state index in [-0.39, 0.29) is 0 Å². The summed E-state index contributed by atoms with van der Waals surface area (Å²) in [5.41, 5.74) is 1.84. The molecule has 0 aliphatic rings. The lowest BCUT2D eigenvalue weighted by Crippen LogP contribution is -2.48. The Morgan fingerprint density at radius 3 is 2.33 bits per heavy atom. The molecule has 0 radical (unpaired) electrons. The van der Waals surface area contributed by atoms with Crippen molar-refractivity contribution in [2.24, 2.45) is 0 Å². The highest BCUT2D eigenvalue weighted by molar-refractivity contribution is 6.68. The van der Waals surface area contributed by atoms with Crippen LogP contribution in [0.5, 0.6) is 0 Å². The van der Waals surface area contributed by atoms with Crippen LogP contribution in [0.4, 0.5) is 5.69 Å². The van der Waals surface area contributed by atoms with Crippen LogP contribution in [0.3, 0.4) is 0 Å². The Hall–Kier alpha value is -2.21. The molecule has 8 heteroatoms. The number of ether oxygens (including phenoxy) is 1. The molecular weight excluding hydrogens is 447 g/mol. The van der Waals surface area contributed by atoms with Gasteiger partial charge in [-0.15, -0.1) is 0 Å². The second-order valence-electron chi connectivity index (χ2n) is 6.44. The largest absolute Gasteiger partial charge is 0.462 e. The minimum absolute atomic E-state index is 0.382. The Morgan fingerprint density at radius 2 is 1.73 bits per heavy atom. The smallest absolute Gasteiger partial charge is 0.338 e. The van der Waals surface area contributed by atoms with Crippen LogP contribution in [0.2, 0.25) is 0 Å². The highest BCUT2D eigenvalue weighted by atomic mass is 35.6. The predicted octanol–water partition coefficient (Wildman–Crippen LogP) is 5.58. The molecule has 0 aliphatic carbocycles. The van der Waals surface area contributed by atoms with Gasteiger partial charge in [-0.1, -0.05) is 78.5 Å². The standard InChI is InChI=1S/C22H23Cl3N2O3/c1-2-3-15-30-20(29)17-10-12-18(13-11-17)26-21(22(23,24)25)27-19(28)14-9-16-7-5-4-6-8-16/h4-14,21,26H,2-3,15H2,1H3,(H,27,28)/b14-9+/t21-/m1/s1. The average Bonchev–Trinajstić information content (AvgIpc) is 2.72. The molecule has 0 saturated heterocycles. The van der Waals surface area contributed by atoms with Gasteiger partial charge in [-0.25, -0.2) is 4.79 Å². The SMILES string of the molecule is CCCCOC(=O)c1ccc(N[C@H](NC(=O)/C=C/c2ccccc2)C(Cl)(Cl)Cl)cc1. The molecule has 0 unspecified atom stereocenters. The number of hydrogen-bond donors (Lipinski definition) is 2. The van der Waals surface area contributed by atoms with E-state index in [2.05, 4.69) is 10.6 Å². The summed E-state index contributed by atoms with van der Waals surface area (Å²) in [6, 6.07) is 15.8. The number of anilines is 1. The zero-order valence-corrected chi connectivity index (χ0v) is 18.7. The highest BCUT2D eigenvalue weighted by Gasteiger charge is 2.33. The summed E-state index contributed by atoms with van der Waals surface area (Å²) in [5.74, 6) is -0.828. The van der Waals surface area contributed by atoms with Gasteiger partial charge in [0, 0.05) is 11.8 Å². The molecule has 2 aromatic carbocycles. The molecule has 0 spiro atoms. The summed E-state index contributed by atoms with van der Waals surface area (Å²) in [5, 5.41) is 5.58. The molecule has 160 valence electrons. The lowest BCUT2D eigenvalue weighted by atomic mass is 10.2. The second kappa shape index (κ2) is 11.8. The highest BCUT2D eigenvalue weighted by Crippen LogP contribution is 2.31. The molecule has 0 aliphatic heterocycles. The van der Waals surface area contributed by atoms with Crippen molar-refractivity contribution in [1.29, 1.82) is 0 Å². The van der Waals surface area contributed by atoms with Gasteiger partial charge in [-0.2, -0.15) is 0 Å². The Labute approximate surface area is 191 Å². The molecule has 2 aromatic rings. The Morgan fingerprint density at radius 1 is 1.07 bits per heavy atom. The quantitative estimate of drug-likeness (QED) is 0.165. The predicted molar refractivity (Wildman–Crippen MR) is 123 cm³/mol. The van der Waals surface area contributed by atoms with Gasteiger partial charge in [0.25, 0.3) is 0 Å². The van der Waals surface area contributed by atoms with E-state index in [0.717, 1.165) is 18.4 Å². The number of esters is 1. The summed E-state index contributed by atoms with van der Waals surface area (Å²) >= 11 is 18.1. The first kappa shape index (κ1) is 24.1. The maximum absolute atomic E-state index is 12.3. The van der Waals surface area contributed by atoms with Gasteiger partial charge >= 0.3 is 5.97 Å². The first-order valence-electron chi connectivity index (χ1n) is 9.43. The summed E-state index contributed by atoms with van der Waals surface area (Å²) < 4.78 is 3.36. The molecule has 0 fully saturated rings. The third-order valence-electron chi connectivity index (χ3n) is 4.00.